The van der Waals surface area contributed by atoms with Crippen LogP contribution in [0.3, 0.4) is 0 Å². The molecule has 1 N–H and O–H groups in total. The first-order valence-electron chi connectivity index (χ1n) is 6.60. The molecule has 1 unspecified atom stereocenters. The third-order valence-electron chi connectivity index (χ3n) is 3.41. The largest absolute Gasteiger partial charge is 0.467 e. The van der Waals surface area contributed by atoms with Crippen LogP contribution in [0.2, 0.25) is 0 Å². The maximum Gasteiger partial charge on any atom is 0.416 e. The Bertz CT molecular complexity index is 557. The van der Waals surface area contributed by atoms with E-state index in [2.05, 4.69) is 10.1 Å². The molecule has 1 fully saturated rings. The molecular weight excluding hydrogens is 301 g/mol. The summed E-state index contributed by atoms with van der Waals surface area (Å²) in [6, 6.07) is 3.51. The molecular formula is C14H15F3N2O3. The number of methoxy groups -OCH3 is 1. The van der Waals surface area contributed by atoms with Gasteiger partial charge in [-0.1, -0.05) is 12.1 Å². The van der Waals surface area contributed by atoms with E-state index in [1.807, 2.05) is 0 Å². The molecule has 2 amide bonds. The van der Waals surface area contributed by atoms with Gasteiger partial charge >= 0.3 is 18.2 Å². The maximum atomic E-state index is 12.5. The fourth-order valence-corrected chi connectivity index (χ4v) is 2.19. The molecule has 1 aliphatic heterocycles. The van der Waals surface area contributed by atoms with Crippen molar-refractivity contribution >= 4 is 12.0 Å². The van der Waals surface area contributed by atoms with E-state index in [4.69, 9.17) is 0 Å². The van der Waals surface area contributed by atoms with Gasteiger partial charge in [0.25, 0.3) is 0 Å². The summed E-state index contributed by atoms with van der Waals surface area (Å²) in [7, 11) is 1.24. The number of urea groups is 1. The van der Waals surface area contributed by atoms with Crippen molar-refractivity contribution in [1.82, 2.24) is 10.2 Å². The second-order valence-corrected chi connectivity index (χ2v) is 4.93. The van der Waals surface area contributed by atoms with Crippen LogP contribution in [0.25, 0.3) is 0 Å². The lowest BCUT2D eigenvalue weighted by Crippen LogP contribution is -2.54. The molecule has 1 saturated heterocycles. The van der Waals surface area contributed by atoms with Crippen LogP contribution in [0.4, 0.5) is 18.0 Å². The van der Waals surface area contributed by atoms with Gasteiger partial charge in [-0.2, -0.15) is 13.2 Å². The highest BCUT2D eigenvalue weighted by molar-refractivity contribution is 5.84. The third-order valence-corrected chi connectivity index (χ3v) is 3.41. The van der Waals surface area contributed by atoms with Gasteiger partial charge in [0.15, 0.2) is 0 Å². The zero-order chi connectivity index (χ0) is 16.3. The van der Waals surface area contributed by atoms with Crippen molar-refractivity contribution < 1.29 is 27.5 Å². The van der Waals surface area contributed by atoms with Crippen molar-refractivity contribution in [2.45, 2.75) is 25.2 Å². The molecule has 8 heteroatoms. The lowest BCUT2D eigenvalue weighted by atomic mass is 10.1. The highest BCUT2D eigenvalue weighted by Gasteiger charge is 2.31. The number of carbonyl (C=O) groups is 2. The number of halogens is 3. The van der Waals surface area contributed by atoms with Gasteiger partial charge in [0.2, 0.25) is 0 Å². The van der Waals surface area contributed by atoms with Gasteiger partial charge in [-0.25, -0.2) is 9.59 Å². The molecule has 5 nitrogen and oxygen atoms in total. The number of nitrogens with one attached hydrogen (secondary N) is 1. The van der Waals surface area contributed by atoms with E-state index in [-0.39, 0.29) is 6.54 Å². The maximum absolute atomic E-state index is 12.5. The van der Waals surface area contributed by atoms with Gasteiger partial charge < -0.3 is 15.0 Å². The molecule has 1 atom stereocenters. The highest BCUT2D eigenvalue weighted by Crippen LogP contribution is 2.29. The van der Waals surface area contributed by atoms with Gasteiger partial charge in [0, 0.05) is 13.1 Å². The van der Waals surface area contributed by atoms with Crippen molar-refractivity contribution in [3.05, 3.63) is 35.4 Å². The van der Waals surface area contributed by atoms with E-state index < -0.39 is 29.8 Å². The van der Waals surface area contributed by atoms with Crippen LogP contribution in [0.1, 0.15) is 17.5 Å². The van der Waals surface area contributed by atoms with Crippen LogP contribution in [0, 0.1) is 0 Å². The topological polar surface area (TPSA) is 58.6 Å². The lowest BCUT2D eigenvalue weighted by molar-refractivity contribution is -0.143. The van der Waals surface area contributed by atoms with Crippen molar-refractivity contribution in [2.24, 2.45) is 0 Å². The molecule has 0 bridgehead atoms. The number of ether oxygens (including phenoxy) is 1. The van der Waals surface area contributed by atoms with Crippen LogP contribution in [-0.2, 0) is 22.3 Å². The summed E-state index contributed by atoms with van der Waals surface area (Å²) < 4.78 is 42.0. The molecule has 1 aromatic rings. The minimum absolute atomic E-state index is 0.178. The number of alkyl halides is 3. The van der Waals surface area contributed by atoms with E-state index in [9.17, 15) is 22.8 Å². The number of nitrogens with zero attached hydrogens (tertiary/aromatic N) is 1. The Labute approximate surface area is 125 Å². The van der Waals surface area contributed by atoms with Crippen LogP contribution < -0.4 is 5.32 Å². The number of esters is 1. The lowest BCUT2D eigenvalue weighted by Gasteiger charge is -2.31. The van der Waals surface area contributed by atoms with E-state index in [0.29, 0.717) is 18.5 Å². The number of rotatable bonds is 3. The van der Waals surface area contributed by atoms with Crippen molar-refractivity contribution in [2.75, 3.05) is 13.7 Å². The number of hydrogen-bond donors (Lipinski definition) is 1. The molecule has 2 rings (SSSR count). The number of carbonyl (C=O) groups excluding carboxylic acids is 2. The van der Waals surface area contributed by atoms with Crippen molar-refractivity contribution in [3.8, 4) is 0 Å². The molecule has 22 heavy (non-hydrogen) atoms. The Morgan fingerprint density at radius 2 is 2.00 bits per heavy atom. The molecule has 1 heterocycles. The number of amides is 2. The standard InChI is InChI=1S/C14H15F3N2O3/c1-22-12(20)11-6-7-19(13(21)18-11)8-9-2-4-10(5-3-9)14(15,16)17/h2-5,11H,6-8H2,1H3,(H,18,21). The van der Waals surface area contributed by atoms with Gasteiger partial charge in [0.1, 0.15) is 6.04 Å². The molecule has 1 aromatic carbocycles. The fourth-order valence-electron chi connectivity index (χ4n) is 2.19. The van der Waals surface area contributed by atoms with Gasteiger partial charge in [-0.3, -0.25) is 0 Å². The van der Waals surface area contributed by atoms with E-state index >= 15 is 0 Å². The van der Waals surface area contributed by atoms with E-state index in [0.717, 1.165) is 12.1 Å². The fraction of sp³-hybridized carbons (Fsp3) is 0.429. The second kappa shape index (κ2) is 6.25. The van der Waals surface area contributed by atoms with Crippen LogP contribution in [-0.4, -0.2) is 36.6 Å². The van der Waals surface area contributed by atoms with Gasteiger partial charge in [-0.05, 0) is 24.1 Å². The predicted octanol–water partition coefficient (Wildman–Crippen LogP) is 2.16. The van der Waals surface area contributed by atoms with Gasteiger partial charge in [0.05, 0.1) is 12.7 Å². The molecule has 120 valence electrons. The van der Waals surface area contributed by atoms with E-state index in [1.54, 1.807) is 0 Å². The Kier molecular flexibility index (Phi) is 4.58. The first kappa shape index (κ1) is 16.1. The summed E-state index contributed by atoms with van der Waals surface area (Å²) in [6.45, 7) is 0.504. The smallest absolute Gasteiger partial charge is 0.416 e. The molecule has 0 aliphatic carbocycles. The molecule has 0 aromatic heterocycles. The van der Waals surface area contributed by atoms with Crippen molar-refractivity contribution in [3.63, 3.8) is 0 Å². The zero-order valence-electron chi connectivity index (χ0n) is 11.8. The Morgan fingerprint density at radius 1 is 1.36 bits per heavy atom. The average molecular weight is 316 g/mol. The quantitative estimate of drug-likeness (QED) is 0.870. The summed E-state index contributed by atoms with van der Waals surface area (Å²) in [6.07, 6.45) is -3.99. The predicted molar refractivity (Wildman–Crippen MR) is 70.8 cm³/mol. The van der Waals surface area contributed by atoms with Gasteiger partial charge in [-0.15, -0.1) is 0 Å². The Balaban J connectivity index is 1.97. The second-order valence-electron chi connectivity index (χ2n) is 4.93. The monoisotopic (exact) mass is 316 g/mol. The summed E-state index contributed by atoms with van der Waals surface area (Å²) in [4.78, 5) is 24.7. The molecule has 0 radical (unpaired) electrons. The van der Waals surface area contributed by atoms with Crippen LogP contribution in [0.15, 0.2) is 24.3 Å². The minimum Gasteiger partial charge on any atom is -0.467 e. The van der Waals surface area contributed by atoms with Crippen LogP contribution in [0.5, 0.6) is 0 Å². The normalized spacial score (nSPS) is 18.8. The zero-order valence-corrected chi connectivity index (χ0v) is 11.8. The Hall–Kier alpha value is -2.25. The summed E-state index contributed by atoms with van der Waals surface area (Å²) in [5.41, 5.74) is -0.148. The third kappa shape index (κ3) is 3.69. The van der Waals surface area contributed by atoms with E-state index in [1.165, 1.54) is 24.1 Å². The van der Waals surface area contributed by atoms with Crippen LogP contribution >= 0.6 is 0 Å². The number of hydrogen-bond acceptors (Lipinski definition) is 3. The average Bonchev–Trinajstić information content (AvgIpc) is 2.48. The highest BCUT2D eigenvalue weighted by atomic mass is 19.4. The first-order valence-corrected chi connectivity index (χ1v) is 6.60. The molecule has 1 aliphatic rings. The molecule has 0 saturated carbocycles. The summed E-state index contributed by atoms with van der Waals surface area (Å²) >= 11 is 0. The summed E-state index contributed by atoms with van der Waals surface area (Å²) in [5, 5.41) is 2.51. The number of benzene rings is 1. The van der Waals surface area contributed by atoms with Crippen molar-refractivity contribution in [1.29, 1.82) is 0 Å². The SMILES string of the molecule is COC(=O)C1CCN(Cc2ccc(C(F)(F)F)cc2)C(=O)N1. The molecule has 0 spiro atoms. The summed E-state index contributed by atoms with van der Waals surface area (Å²) in [5.74, 6) is -0.512. The Morgan fingerprint density at radius 3 is 2.50 bits per heavy atom. The first-order chi connectivity index (χ1) is 10.3. The minimum atomic E-state index is -4.38.